The summed E-state index contributed by atoms with van der Waals surface area (Å²) in [4.78, 5) is 10.9. The van der Waals surface area contributed by atoms with Crippen LogP contribution in [0, 0.1) is 0 Å². The zero-order chi connectivity index (χ0) is 5.86. The number of halogens is 2. The molecule has 42 valence electrons. The molecule has 0 amide bonds. The van der Waals surface area contributed by atoms with Gasteiger partial charge in [0.2, 0.25) is 0 Å². The van der Waals surface area contributed by atoms with Crippen molar-refractivity contribution < 1.29 is 9.90 Å². The number of carbonyl (C=O) groups is 1. The van der Waals surface area contributed by atoms with E-state index in [4.69, 9.17) is 0 Å². The van der Waals surface area contributed by atoms with Crippen LogP contribution in [-0.2, 0) is 4.79 Å². The van der Waals surface area contributed by atoms with Crippen molar-refractivity contribution in [3.05, 3.63) is 9.47 Å². The van der Waals surface area contributed by atoms with Crippen molar-refractivity contribution in [1.82, 2.24) is 0 Å². The van der Waals surface area contributed by atoms with E-state index in [1.54, 1.807) is 0 Å². The quantitative estimate of drug-likeness (QED) is 0.431. The Morgan fingerprint density at radius 1 is 1.62 bits per heavy atom. The Balaban J connectivity index is 0. The number of carbonyl (C=O) groups excluding carboxylic acids is 1. The first kappa shape index (κ1) is 11.8. The van der Waals surface area contributed by atoms with E-state index in [9.17, 15) is 9.90 Å². The Morgan fingerprint density at radius 3 is 2.00 bits per heavy atom. The van der Waals surface area contributed by atoms with Crippen LogP contribution in [0.4, 0.5) is 0 Å². The van der Waals surface area contributed by atoms with E-state index in [0.29, 0.717) is 0 Å². The number of hydrogen-bond acceptors (Lipinski definition) is 2. The standard InChI is InChI=1S/C3H2Br2O2.Tl/c4-1-2(5)3(6)7;/h1H,(H,6,7);/q;+1/p-1. The molecule has 0 spiro atoms. The molecule has 2 nitrogen and oxygen atoms in total. The van der Waals surface area contributed by atoms with Gasteiger partial charge in [-0.1, -0.05) is 15.9 Å². The smallest absolute Gasteiger partial charge is 0.544 e. The molecule has 0 N–H and O–H groups in total. The van der Waals surface area contributed by atoms with Crippen molar-refractivity contribution >= 4 is 65.1 Å². The third-order valence-corrected chi connectivity index (χ3v) is 1.92. The van der Waals surface area contributed by atoms with Crippen molar-refractivity contribution in [2.45, 2.75) is 0 Å². The van der Waals surface area contributed by atoms with Crippen LogP contribution in [0.3, 0.4) is 0 Å². The van der Waals surface area contributed by atoms with Crippen LogP contribution in [-0.4, -0.2) is 33.3 Å². The fourth-order valence-electron chi connectivity index (χ4n) is 0.0445. The van der Waals surface area contributed by atoms with E-state index in [1.165, 1.54) is 4.99 Å². The van der Waals surface area contributed by atoms with Gasteiger partial charge in [0, 0.05) is 4.48 Å². The monoisotopic (exact) mass is 432 g/mol. The van der Waals surface area contributed by atoms with Gasteiger partial charge in [-0.3, -0.25) is 0 Å². The predicted octanol–water partition coefficient (Wildman–Crippen LogP) is -0.0133. The first-order valence-electron chi connectivity index (χ1n) is 1.35. The van der Waals surface area contributed by atoms with Crippen LogP contribution in [0.2, 0.25) is 0 Å². The van der Waals surface area contributed by atoms with Gasteiger partial charge < -0.3 is 9.90 Å². The van der Waals surface area contributed by atoms with E-state index >= 15 is 0 Å². The SMILES string of the molecule is O=C([O-])C(Br)=CBr.[Tl+]. The van der Waals surface area contributed by atoms with Crippen molar-refractivity contribution in [2.75, 3.05) is 0 Å². The van der Waals surface area contributed by atoms with Crippen molar-refractivity contribution in [2.24, 2.45) is 0 Å². The van der Waals surface area contributed by atoms with Crippen molar-refractivity contribution in [1.29, 1.82) is 0 Å². The molecule has 0 unspecified atom stereocenters. The molecule has 8 heavy (non-hydrogen) atoms. The third-order valence-electron chi connectivity index (χ3n) is 0.291. The van der Waals surface area contributed by atoms with E-state index < -0.39 is 5.97 Å². The summed E-state index contributed by atoms with van der Waals surface area (Å²) in [7, 11) is 0. The first-order chi connectivity index (χ1) is 3.18. The van der Waals surface area contributed by atoms with Gasteiger partial charge in [0.25, 0.3) is 0 Å². The summed E-state index contributed by atoms with van der Waals surface area (Å²) in [5.74, 6) is -1.23. The summed E-state index contributed by atoms with van der Waals surface area (Å²) in [6.45, 7) is 0. The largest absolute Gasteiger partial charge is 1.00 e. The van der Waals surface area contributed by atoms with E-state index in [0.717, 1.165) is 0 Å². The van der Waals surface area contributed by atoms with E-state index in [-0.39, 0.29) is 31.8 Å². The molecule has 0 heterocycles. The molecule has 0 aliphatic carbocycles. The van der Waals surface area contributed by atoms with Crippen LogP contribution >= 0.6 is 31.9 Å². The van der Waals surface area contributed by atoms with Crippen LogP contribution < -0.4 is 5.11 Å². The minimum Gasteiger partial charge on any atom is -0.544 e. The molecule has 0 aromatic carbocycles. The molecular formula is C3HBr2O2Tl. The van der Waals surface area contributed by atoms with E-state index in [2.05, 4.69) is 31.9 Å². The molecule has 0 aliphatic heterocycles. The maximum absolute atomic E-state index is 9.67. The number of rotatable bonds is 1. The van der Waals surface area contributed by atoms with Gasteiger partial charge >= 0.3 is 27.3 Å². The molecule has 0 aliphatic rings. The zero-order valence-corrected chi connectivity index (χ0v) is 11.4. The second kappa shape index (κ2) is 6.22. The molecule has 0 aromatic rings. The maximum atomic E-state index is 9.67. The Hall–Kier alpha value is 1.09. The molecule has 0 atom stereocenters. The fourth-order valence-corrected chi connectivity index (χ4v) is 0.231. The predicted molar refractivity (Wildman–Crippen MR) is 36.7 cm³/mol. The minimum atomic E-state index is -1.23. The van der Waals surface area contributed by atoms with Gasteiger partial charge in [-0.05, 0) is 20.9 Å². The summed E-state index contributed by atoms with van der Waals surface area (Å²) >= 11 is 5.48. The zero-order valence-electron chi connectivity index (χ0n) is 3.73. The number of hydrogen-bond donors (Lipinski definition) is 0. The molecular weight excluding hydrogens is 432 g/mol. The molecule has 0 rings (SSSR count). The Labute approximate surface area is 83.8 Å². The van der Waals surface area contributed by atoms with Crippen LogP contribution in [0.1, 0.15) is 0 Å². The summed E-state index contributed by atoms with van der Waals surface area (Å²) < 4.78 is 0.00694. The second-order valence-electron chi connectivity index (χ2n) is 0.745. The number of carboxylic acids is 1. The Morgan fingerprint density at radius 2 is 2.00 bits per heavy atom. The molecule has 0 aromatic heterocycles. The van der Waals surface area contributed by atoms with Gasteiger partial charge in [0.05, 0.1) is 5.97 Å². The van der Waals surface area contributed by atoms with Crippen LogP contribution in [0.15, 0.2) is 9.47 Å². The van der Waals surface area contributed by atoms with Gasteiger partial charge in [-0.25, -0.2) is 0 Å². The molecule has 0 saturated carbocycles. The third kappa shape index (κ3) is 5.23. The maximum Gasteiger partial charge on any atom is 1.00 e. The van der Waals surface area contributed by atoms with Crippen molar-refractivity contribution in [3.8, 4) is 0 Å². The normalized spacial score (nSPS) is 10.0. The number of carboxylic acid groups (broad SMARTS) is 1. The van der Waals surface area contributed by atoms with Gasteiger partial charge in [0.15, 0.2) is 0 Å². The topological polar surface area (TPSA) is 40.1 Å². The average molecular weight is 433 g/mol. The summed E-state index contributed by atoms with van der Waals surface area (Å²) in [5, 5.41) is 9.67. The second-order valence-corrected chi connectivity index (χ2v) is 2.06. The van der Waals surface area contributed by atoms with Crippen LogP contribution in [0.25, 0.3) is 0 Å². The molecule has 5 heteroatoms. The molecule has 0 fully saturated rings. The average Bonchev–Trinajstić information content (AvgIpc) is 1.65. The minimum absolute atomic E-state index is 0. The Bertz CT molecular complexity index is 112. The summed E-state index contributed by atoms with van der Waals surface area (Å²) in [6.07, 6.45) is 0. The Kier molecular flexibility index (Phi) is 9.20. The van der Waals surface area contributed by atoms with Gasteiger partial charge in [-0.15, -0.1) is 0 Å². The van der Waals surface area contributed by atoms with Crippen molar-refractivity contribution in [3.63, 3.8) is 0 Å². The molecule has 0 radical (unpaired) electrons. The first-order valence-corrected chi connectivity index (χ1v) is 3.06. The van der Waals surface area contributed by atoms with Crippen LogP contribution in [0.5, 0.6) is 0 Å². The summed E-state index contributed by atoms with van der Waals surface area (Å²) in [5.41, 5.74) is 0. The van der Waals surface area contributed by atoms with Gasteiger partial charge in [-0.2, -0.15) is 0 Å². The fraction of sp³-hybridized carbons (Fsp3) is 0. The van der Waals surface area contributed by atoms with E-state index in [1.807, 2.05) is 0 Å². The molecule has 0 saturated heterocycles. The van der Waals surface area contributed by atoms with Gasteiger partial charge in [0.1, 0.15) is 0 Å². The summed E-state index contributed by atoms with van der Waals surface area (Å²) in [6, 6.07) is 0. The number of aliphatic carboxylic acids is 1. The molecule has 0 bridgehead atoms.